The Morgan fingerprint density at radius 2 is 2.00 bits per heavy atom. The van der Waals surface area contributed by atoms with Gasteiger partial charge in [0.1, 0.15) is 0 Å². The van der Waals surface area contributed by atoms with E-state index in [2.05, 4.69) is 0 Å². The zero-order chi connectivity index (χ0) is 17.0. The molecular weight excluding hydrogens is 304 g/mol. The van der Waals surface area contributed by atoms with E-state index in [1.165, 1.54) is 18.2 Å². The number of amides is 1. The van der Waals surface area contributed by atoms with Gasteiger partial charge in [-0.25, -0.2) is 4.79 Å². The van der Waals surface area contributed by atoms with E-state index in [-0.39, 0.29) is 29.4 Å². The first-order chi connectivity index (χ1) is 10.9. The van der Waals surface area contributed by atoms with Gasteiger partial charge in [-0.2, -0.15) is 0 Å². The molecular formula is C15H18N2O6. The third-order valence-corrected chi connectivity index (χ3v) is 3.39. The number of morpholine rings is 1. The lowest BCUT2D eigenvalue weighted by molar-refractivity contribution is -0.384. The van der Waals surface area contributed by atoms with E-state index in [1.807, 2.05) is 13.8 Å². The molecule has 1 aromatic rings. The van der Waals surface area contributed by atoms with Crippen LogP contribution in [0, 0.1) is 10.1 Å². The minimum Gasteiger partial charge on any atom is -0.452 e. The number of nitrogens with zero attached hydrogens (tertiary/aromatic N) is 2. The molecule has 8 nitrogen and oxygen atoms in total. The predicted octanol–water partition coefficient (Wildman–Crippen LogP) is 1.39. The molecule has 1 amide bonds. The van der Waals surface area contributed by atoms with E-state index in [0.717, 1.165) is 6.07 Å². The third kappa shape index (κ3) is 4.49. The van der Waals surface area contributed by atoms with Crippen molar-refractivity contribution < 1.29 is 24.0 Å². The molecule has 0 spiro atoms. The van der Waals surface area contributed by atoms with Gasteiger partial charge in [0.25, 0.3) is 11.6 Å². The molecule has 1 aliphatic rings. The third-order valence-electron chi connectivity index (χ3n) is 3.39. The fourth-order valence-electron chi connectivity index (χ4n) is 2.43. The summed E-state index contributed by atoms with van der Waals surface area (Å²) in [6.07, 6.45) is -0.148. The van der Waals surface area contributed by atoms with Crippen LogP contribution in [-0.2, 0) is 14.3 Å². The van der Waals surface area contributed by atoms with Gasteiger partial charge in [-0.15, -0.1) is 0 Å². The maximum absolute atomic E-state index is 12.1. The SMILES string of the molecule is C[C@H]1CN(C(=O)COC(=O)c2cccc([N+](=O)[O-])c2)C[C@H](C)O1. The summed E-state index contributed by atoms with van der Waals surface area (Å²) in [5.41, 5.74) is -0.169. The van der Waals surface area contributed by atoms with Gasteiger partial charge in [-0.1, -0.05) is 6.07 Å². The van der Waals surface area contributed by atoms with Crippen LogP contribution in [0.4, 0.5) is 5.69 Å². The van der Waals surface area contributed by atoms with E-state index in [4.69, 9.17) is 9.47 Å². The van der Waals surface area contributed by atoms with Crippen LogP contribution in [-0.4, -0.2) is 53.6 Å². The van der Waals surface area contributed by atoms with Crippen LogP contribution in [0.2, 0.25) is 0 Å². The van der Waals surface area contributed by atoms with Gasteiger partial charge in [-0.05, 0) is 19.9 Å². The summed E-state index contributed by atoms with van der Waals surface area (Å²) >= 11 is 0. The van der Waals surface area contributed by atoms with Crippen molar-refractivity contribution in [3.63, 3.8) is 0 Å². The van der Waals surface area contributed by atoms with Crippen LogP contribution < -0.4 is 0 Å². The maximum atomic E-state index is 12.1. The summed E-state index contributed by atoms with van der Waals surface area (Å²) in [6.45, 7) is 4.21. The summed E-state index contributed by atoms with van der Waals surface area (Å²) in [4.78, 5) is 35.7. The molecule has 1 aromatic carbocycles. The lowest BCUT2D eigenvalue weighted by atomic mass is 10.2. The van der Waals surface area contributed by atoms with Gasteiger partial charge in [0.05, 0.1) is 22.7 Å². The molecule has 0 aromatic heterocycles. The minimum absolute atomic E-state index is 0.0377. The summed E-state index contributed by atoms with van der Waals surface area (Å²) in [6, 6.07) is 5.19. The molecule has 2 rings (SSSR count). The number of carbonyl (C=O) groups is 2. The minimum atomic E-state index is -0.767. The van der Waals surface area contributed by atoms with Crippen molar-refractivity contribution >= 4 is 17.6 Å². The Hall–Kier alpha value is -2.48. The molecule has 124 valence electrons. The molecule has 1 fully saturated rings. The van der Waals surface area contributed by atoms with Crippen molar-refractivity contribution in [2.45, 2.75) is 26.1 Å². The second-order valence-corrected chi connectivity index (χ2v) is 5.44. The standard InChI is InChI=1S/C15H18N2O6/c1-10-7-16(8-11(2)23-10)14(18)9-22-15(19)12-4-3-5-13(6-12)17(20)21/h3-6,10-11H,7-9H2,1-2H3/t10-,11-/m0/s1. The van der Waals surface area contributed by atoms with Gasteiger partial charge < -0.3 is 14.4 Å². The molecule has 0 saturated carbocycles. The molecule has 2 atom stereocenters. The molecule has 23 heavy (non-hydrogen) atoms. The lowest BCUT2D eigenvalue weighted by Gasteiger charge is -2.35. The largest absolute Gasteiger partial charge is 0.452 e. The highest BCUT2D eigenvalue weighted by Gasteiger charge is 2.26. The van der Waals surface area contributed by atoms with Crippen LogP contribution in [0.15, 0.2) is 24.3 Å². The Bertz CT molecular complexity index is 608. The molecule has 1 aliphatic heterocycles. The first-order valence-corrected chi connectivity index (χ1v) is 7.21. The number of carbonyl (C=O) groups excluding carboxylic acids is 2. The topological polar surface area (TPSA) is 99.0 Å². The highest BCUT2D eigenvalue weighted by molar-refractivity contribution is 5.91. The van der Waals surface area contributed by atoms with Crippen LogP contribution in [0.3, 0.4) is 0 Å². The molecule has 0 N–H and O–H groups in total. The van der Waals surface area contributed by atoms with Gasteiger partial charge in [-0.3, -0.25) is 14.9 Å². The number of hydrogen-bond acceptors (Lipinski definition) is 6. The number of rotatable bonds is 4. The average Bonchev–Trinajstić information content (AvgIpc) is 2.51. The molecule has 0 unspecified atom stereocenters. The Kier molecular flexibility index (Phi) is 5.28. The van der Waals surface area contributed by atoms with E-state index in [0.29, 0.717) is 13.1 Å². The van der Waals surface area contributed by atoms with Crippen molar-refractivity contribution in [1.82, 2.24) is 4.90 Å². The predicted molar refractivity (Wildman–Crippen MR) is 80.0 cm³/mol. The number of nitro benzene ring substituents is 1. The number of nitro groups is 1. The van der Waals surface area contributed by atoms with E-state index in [1.54, 1.807) is 4.90 Å². The number of esters is 1. The first-order valence-electron chi connectivity index (χ1n) is 7.21. The number of hydrogen-bond donors (Lipinski definition) is 0. The van der Waals surface area contributed by atoms with Crippen molar-refractivity contribution in [2.24, 2.45) is 0 Å². The van der Waals surface area contributed by atoms with E-state index >= 15 is 0 Å². The highest BCUT2D eigenvalue weighted by Crippen LogP contribution is 2.14. The fraction of sp³-hybridized carbons (Fsp3) is 0.467. The number of non-ortho nitro benzene ring substituents is 1. The van der Waals surface area contributed by atoms with Gasteiger partial charge >= 0.3 is 5.97 Å². The number of ether oxygens (including phenoxy) is 2. The Morgan fingerprint density at radius 3 is 2.61 bits per heavy atom. The Balaban J connectivity index is 1.92. The van der Waals surface area contributed by atoms with E-state index in [9.17, 15) is 19.7 Å². The van der Waals surface area contributed by atoms with Crippen molar-refractivity contribution in [3.8, 4) is 0 Å². The summed E-state index contributed by atoms with van der Waals surface area (Å²) < 4.78 is 10.5. The van der Waals surface area contributed by atoms with Crippen molar-refractivity contribution in [1.29, 1.82) is 0 Å². The quantitative estimate of drug-likeness (QED) is 0.472. The van der Waals surface area contributed by atoms with Crippen LogP contribution in [0.1, 0.15) is 24.2 Å². The summed E-state index contributed by atoms with van der Waals surface area (Å²) in [7, 11) is 0. The molecule has 1 saturated heterocycles. The monoisotopic (exact) mass is 322 g/mol. The van der Waals surface area contributed by atoms with Crippen LogP contribution in [0.5, 0.6) is 0 Å². The highest BCUT2D eigenvalue weighted by atomic mass is 16.6. The van der Waals surface area contributed by atoms with Gasteiger partial charge in [0.2, 0.25) is 0 Å². The molecule has 0 bridgehead atoms. The normalized spacial score (nSPS) is 20.9. The van der Waals surface area contributed by atoms with E-state index < -0.39 is 17.5 Å². The maximum Gasteiger partial charge on any atom is 0.338 e. The fourth-order valence-corrected chi connectivity index (χ4v) is 2.43. The Labute approximate surface area is 133 Å². The van der Waals surface area contributed by atoms with Gasteiger partial charge in [0.15, 0.2) is 6.61 Å². The second-order valence-electron chi connectivity index (χ2n) is 5.44. The average molecular weight is 322 g/mol. The molecule has 0 radical (unpaired) electrons. The van der Waals surface area contributed by atoms with Crippen LogP contribution in [0.25, 0.3) is 0 Å². The smallest absolute Gasteiger partial charge is 0.338 e. The lowest BCUT2D eigenvalue weighted by Crippen LogP contribution is -2.49. The van der Waals surface area contributed by atoms with Gasteiger partial charge in [0, 0.05) is 25.2 Å². The summed E-state index contributed by atoms with van der Waals surface area (Å²) in [5.74, 6) is -1.08. The van der Waals surface area contributed by atoms with Crippen molar-refractivity contribution in [3.05, 3.63) is 39.9 Å². The number of benzene rings is 1. The Morgan fingerprint density at radius 1 is 1.35 bits per heavy atom. The molecule has 1 heterocycles. The zero-order valence-electron chi connectivity index (χ0n) is 12.9. The molecule has 0 aliphatic carbocycles. The van der Waals surface area contributed by atoms with Crippen molar-refractivity contribution in [2.75, 3.05) is 19.7 Å². The zero-order valence-corrected chi connectivity index (χ0v) is 12.9. The summed E-state index contributed by atoms with van der Waals surface area (Å²) in [5, 5.41) is 10.7. The first kappa shape index (κ1) is 16.9. The van der Waals surface area contributed by atoms with Crippen LogP contribution >= 0.6 is 0 Å². The molecule has 8 heteroatoms. The second kappa shape index (κ2) is 7.19.